The number of hydrogen-bond acceptors (Lipinski definition) is 7. The molecule has 0 amide bonds. The van der Waals surface area contributed by atoms with Gasteiger partial charge in [-0.2, -0.15) is 0 Å². The highest BCUT2D eigenvalue weighted by atomic mass is 16.6. The summed E-state index contributed by atoms with van der Waals surface area (Å²) in [4.78, 5) is 30.7. The van der Waals surface area contributed by atoms with Gasteiger partial charge in [0.05, 0.1) is 4.92 Å². The van der Waals surface area contributed by atoms with E-state index in [0.717, 1.165) is 5.56 Å². The van der Waals surface area contributed by atoms with Gasteiger partial charge in [-0.3, -0.25) is 30.3 Å². The number of nitro benzene ring substituents is 1. The first-order valence-electron chi connectivity index (χ1n) is 9.11. The van der Waals surface area contributed by atoms with Gasteiger partial charge in [-0.05, 0) is 23.3 Å². The molecule has 0 unspecified atom stereocenters. The number of nitrogens with two attached hydrogens (primary N) is 1. The van der Waals surface area contributed by atoms with Crippen LogP contribution in [0.2, 0.25) is 0 Å². The van der Waals surface area contributed by atoms with Gasteiger partial charge in [0, 0.05) is 68.2 Å². The van der Waals surface area contributed by atoms with E-state index in [4.69, 9.17) is 5.73 Å². The molecule has 0 saturated heterocycles. The summed E-state index contributed by atoms with van der Waals surface area (Å²) in [5.74, 6) is 0. The van der Waals surface area contributed by atoms with Crippen LogP contribution < -0.4 is 5.73 Å². The Hall–Kier alpha value is -3.56. The maximum atomic E-state index is 10.7. The van der Waals surface area contributed by atoms with Crippen molar-refractivity contribution in [1.82, 2.24) is 0 Å². The van der Waals surface area contributed by atoms with Crippen LogP contribution in [0.3, 0.4) is 0 Å². The first-order valence-corrected chi connectivity index (χ1v) is 9.11. The van der Waals surface area contributed by atoms with Gasteiger partial charge in [0.1, 0.15) is 0 Å². The highest BCUT2D eigenvalue weighted by molar-refractivity contribution is 5.39. The van der Waals surface area contributed by atoms with Crippen molar-refractivity contribution in [3.05, 3.63) is 90.0 Å². The Kier molecular flexibility index (Phi) is 7.97. The van der Waals surface area contributed by atoms with E-state index in [1.807, 2.05) is 12.1 Å². The van der Waals surface area contributed by atoms with Crippen LogP contribution >= 0.6 is 0 Å². The average Bonchev–Trinajstić information content (AvgIpc) is 2.64. The maximum Gasteiger partial charge on any atom is 0.269 e. The average molecular weight is 418 g/mol. The van der Waals surface area contributed by atoms with Crippen molar-refractivity contribution in [2.24, 2.45) is 0 Å². The maximum absolute atomic E-state index is 10.7. The predicted octanol–water partition coefficient (Wildman–Crippen LogP) is 4.06. The van der Waals surface area contributed by atoms with E-state index in [0.29, 0.717) is 17.7 Å². The Morgan fingerprint density at radius 1 is 0.700 bits per heavy atom. The van der Waals surface area contributed by atoms with Crippen LogP contribution in [-0.2, 0) is 12.8 Å². The fraction of sp³-hybridized carbons (Fsp3) is 0.400. The highest BCUT2D eigenvalue weighted by Gasteiger charge is 2.31. The fourth-order valence-corrected chi connectivity index (χ4v) is 2.50. The summed E-state index contributed by atoms with van der Waals surface area (Å²) in [6, 6.07) is 12.9. The molecule has 0 bridgehead atoms. The third kappa shape index (κ3) is 7.46. The molecule has 10 nitrogen and oxygen atoms in total. The lowest BCUT2D eigenvalue weighted by molar-refractivity contribution is -0.560. The molecule has 162 valence electrons. The van der Waals surface area contributed by atoms with Crippen molar-refractivity contribution < 1.29 is 14.8 Å². The molecule has 30 heavy (non-hydrogen) atoms. The SMILES string of the molecule is CC(C)(Cc1ccc(N)cc1)[N+](=O)[O-].CC(C)(Cc1ccc([N+](=O)[O-])cc1)[N+](=O)[O-]. The van der Waals surface area contributed by atoms with E-state index in [9.17, 15) is 30.3 Å². The third-order valence-electron chi connectivity index (χ3n) is 4.39. The molecule has 0 saturated carbocycles. The summed E-state index contributed by atoms with van der Waals surface area (Å²) in [5, 5.41) is 31.8. The molecule has 0 radical (unpaired) electrons. The van der Waals surface area contributed by atoms with Crippen molar-refractivity contribution in [3.8, 4) is 0 Å². The van der Waals surface area contributed by atoms with Crippen molar-refractivity contribution in [1.29, 1.82) is 0 Å². The first-order chi connectivity index (χ1) is 13.7. The monoisotopic (exact) mass is 418 g/mol. The predicted molar refractivity (Wildman–Crippen MR) is 114 cm³/mol. The van der Waals surface area contributed by atoms with Gasteiger partial charge >= 0.3 is 0 Å². The summed E-state index contributed by atoms with van der Waals surface area (Å²) < 4.78 is 0. The number of nitro groups is 3. The molecule has 0 atom stereocenters. The van der Waals surface area contributed by atoms with Crippen molar-refractivity contribution in [2.75, 3.05) is 5.73 Å². The molecule has 2 aromatic rings. The number of benzene rings is 2. The Labute approximate surface area is 174 Å². The van der Waals surface area contributed by atoms with Crippen LogP contribution in [0.25, 0.3) is 0 Å². The Bertz CT molecular complexity index is 893. The van der Waals surface area contributed by atoms with Crippen molar-refractivity contribution in [3.63, 3.8) is 0 Å². The number of hydrogen-bond donors (Lipinski definition) is 1. The van der Waals surface area contributed by atoms with Gasteiger partial charge in [-0.1, -0.05) is 24.3 Å². The highest BCUT2D eigenvalue weighted by Crippen LogP contribution is 2.19. The van der Waals surface area contributed by atoms with E-state index in [1.165, 1.54) is 26.0 Å². The van der Waals surface area contributed by atoms with E-state index < -0.39 is 16.0 Å². The Balaban J connectivity index is 0.000000303. The van der Waals surface area contributed by atoms with Crippen LogP contribution in [-0.4, -0.2) is 25.8 Å². The summed E-state index contributed by atoms with van der Waals surface area (Å²) >= 11 is 0. The topological polar surface area (TPSA) is 155 Å². The summed E-state index contributed by atoms with van der Waals surface area (Å²) in [5.41, 5.74) is 5.85. The first kappa shape index (κ1) is 24.5. The molecule has 2 rings (SSSR count). The summed E-state index contributed by atoms with van der Waals surface area (Å²) in [7, 11) is 0. The van der Waals surface area contributed by atoms with Crippen molar-refractivity contribution >= 4 is 11.4 Å². The van der Waals surface area contributed by atoms with Crippen LogP contribution in [0.1, 0.15) is 38.8 Å². The number of nitrogen functional groups attached to an aromatic ring is 1. The lowest BCUT2D eigenvalue weighted by Crippen LogP contribution is -2.33. The zero-order valence-electron chi connectivity index (χ0n) is 17.4. The van der Waals surface area contributed by atoms with Crippen LogP contribution in [0.5, 0.6) is 0 Å². The third-order valence-corrected chi connectivity index (χ3v) is 4.39. The number of rotatable bonds is 7. The normalized spacial score (nSPS) is 11.2. The fourth-order valence-electron chi connectivity index (χ4n) is 2.50. The second kappa shape index (κ2) is 9.77. The molecule has 2 aromatic carbocycles. The standard InChI is InChI=1S/C10H12N2O4.C10H14N2O2/c1-10(2,12(15)16)7-8-3-5-9(6-4-8)11(13)14;1-10(2,12(13)14)7-8-3-5-9(11)6-4-8/h3-6H,7H2,1-2H3;3-6H,7,11H2,1-2H3. The molecule has 0 aromatic heterocycles. The lowest BCUT2D eigenvalue weighted by atomic mass is 9.96. The molecule has 0 fully saturated rings. The van der Waals surface area contributed by atoms with Gasteiger partial charge in [0.15, 0.2) is 0 Å². The quantitative estimate of drug-likeness (QED) is 0.403. The number of anilines is 1. The molecule has 0 heterocycles. The van der Waals surface area contributed by atoms with Gasteiger partial charge in [-0.25, -0.2) is 0 Å². The molecule has 0 spiro atoms. The molecular weight excluding hydrogens is 392 g/mol. The van der Waals surface area contributed by atoms with E-state index in [2.05, 4.69) is 0 Å². The molecule has 2 N–H and O–H groups in total. The molecule has 10 heteroatoms. The molecule has 0 aliphatic rings. The Morgan fingerprint density at radius 3 is 1.33 bits per heavy atom. The van der Waals surface area contributed by atoms with E-state index in [1.54, 1.807) is 38.1 Å². The van der Waals surface area contributed by atoms with Gasteiger partial charge in [0.25, 0.3) is 5.69 Å². The van der Waals surface area contributed by atoms with Crippen molar-refractivity contribution in [2.45, 2.75) is 51.6 Å². The summed E-state index contributed by atoms with van der Waals surface area (Å²) in [6.45, 7) is 6.27. The largest absolute Gasteiger partial charge is 0.399 e. The molecular formula is C20H26N4O6. The minimum atomic E-state index is -1.06. The molecule has 0 aliphatic heterocycles. The smallest absolute Gasteiger partial charge is 0.269 e. The van der Waals surface area contributed by atoms with Crippen LogP contribution in [0.4, 0.5) is 11.4 Å². The van der Waals surface area contributed by atoms with Gasteiger partial charge < -0.3 is 5.73 Å². The molecule has 0 aliphatic carbocycles. The van der Waals surface area contributed by atoms with E-state index in [-0.39, 0.29) is 22.0 Å². The minimum absolute atomic E-state index is 0.0114. The van der Waals surface area contributed by atoms with Crippen LogP contribution in [0, 0.1) is 30.3 Å². The second-order valence-corrected chi connectivity index (χ2v) is 8.16. The van der Waals surface area contributed by atoms with Gasteiger partial charge in [-0.15, -0.1) is 0 Å². The van der Waals surface area contributed by atoms with Gasteiger partial charge in [0.2, 0.25) is 11.1 Å². The zero-order valence-corrected chi connectivity index (χ0v) is 17.4. The second-order valence-electron chi connectivity index (χ2n) is 8.16. The summed E-state index contributed by atoms with van der Waals surface area (Å²) in [6.07, 6.45) is 0.665. The number of non-ortho nitro benzene ring substituents is 1. The van der Waals surface area contributed by atoms with Crippen LogP contribution in [0.15, 0.2) is 48.5 Å². The number of nitrogens with zero attached hydrogens (tertiary/aromatic N) is 3. The van der Waals surface area contributed by atoms with E-state index >= 15 is 0 Å². The zero-order chi connectivity index (χ0) is 23.1. The minimum Gasteiger partial charge on any atom is -0.399 e. The lowest BCUT2D eigenvalue weighted by Gasteiger charge is -2.15. The Morgan fingerprint density at radius 2 is 1.03 bits per heavy atom.